The molecule has 14 heavy (non-hydrogen) atoms. The highest BCUT2D eigenvalue weighted by Crippen LogP contribution is 2.48. The van der Waals surface area contributed by atoms with E-state index in [9.17, 15) is 4.79 Å². The van der Waals surface area contributed by atoms with Crippen molar-refractivity contribution in [3.63, 3.8) is 0 Å². The summed E-state index contributed by atoms with van der Waals surface area (Å²) in [6, 6.07) is 7.28. The van der Waals surface area contributed by atoms with Crippen LogP contribution >= 0.6 is 11.6 Å². The fourth-order valence-corrected chi connectivity index (χ4v) is 1.80. The Morgan fingerprint density at radius 3 is 2.50 bits per heavy atom. The molecule has 1 aliphatic rings. The molecule has 0 spiro atoms. The highest BCUT2D eigenvalue weighted by molar-refractivity contribution is 6.30. The largest absolute Gasteiger partial charge is 0.477 e. The molecule has 4 N–H and O–H groups in total. The molecule has 0 unspecified atom stereocenters. The van der Waals surface area contributed by atoms with Gasteiger partial charge < -0.3 is 10.8 Å². The number of carboxylic acids is 1. The fraction of sp³-hybridized carbons (Fsp3) is 0.300. The summed E-state index contributed by atoms with van der Waals surface area (Å²) < 4.78 is 0. The number of carboxylic acid groups (broad SMARTS) is 1. The molecule has 0 heterocycles. The average Bonchev–Trinajstić information content (AvgIpc) is 2.81. The Bertz CT molecular complexity index is 376. The molecule has 74 valence electrons. The van der Waals surface area contributed by atoms with Gasteiger partial charge >= 0.3 is 5.97 Å². The summed E-state index contributed by atoms with van der Waals surface area (Å²) in [5, 5.41) is 9.58. The highest BCUT2D eigenvalue weighted by Gasteiger charge is 2.62. The number of hydrogen-bond donors (Lipinski definition) is 2. The van der Waals surface area contributed by atoms with Gasteiger partial charge in [-0.15, -0.1) is 0 Å². The Morgan fingerprint density at radius 1 is 1.50 bits per heavy atom. The number of hydrogen-bond acceptors (Lipinski definition) is 1. The second-order valence-electron chi connectivity index (χ2n) is 3.77. The van der Waals surface area contributed by atoms with E-state index in [1.54, 1.807) is 12.1 Å². The highest BCUT2D eigenvalue weighted by atomic mass is 35.5. The van der Waals surface area contributed by atoms with E-state index >= 15 is 0 Å². The summed E-state index contributed by atoms with van der Waals surface area (Å²) in [6.45, 7) is 0. The van der Waals surface area contributed by atoms with E-state index in [2.05, 4.69) is 5.73 Å². The number of benzene rings is 1. The summed E-state index contributed by atoms with van der Waals surface area (Å²) in [7, 11) is 0. The Kier molecular flexibility index (Phi) is 2.01. The van der Waals surface area contributed by atoms with Crippen molar-refractivity contribution in [2.45, 2.75) is 17.9 Å². The molecule has 1 aliphatic carbocycles. The smallest absolute Gasteiger partial charge is 0.366 e. The first-order valence-electron chi connectivity index (χ1n) is 4.38. The van der Waals surface area contributed by atoms with Crippen LogP contribution in [0, 0.1) is 0 Å². The molecule has 1 saturated carbocycles. The zero-order chi connectivity index (χ0) is 10.3. The second kappa shape index (κ2) is 2.97. The minimum absolute atomic E-state index is 0.0391. The van der Waals surface area contributed by atoms with Crippen LogP contribution in [0.5, 0.6) is 0 Å². The van der Waals surface area contributed by atoms with Crippen LogP contribution in [0.4, 0.5) is 0 Å². The normalized spacial score (nSPS) is 30.0. The van der Waals surface area contributed by atoms with Crippen molar-refractivity contribution < 1.29 is 15.6 Å². The molecule has 4 heteroatoms. The zero-order valence-corrected chi connectivity index (χ0v) is 8.29. The molecule has 0 saturated heterocycles. The number of halogens is 1. The van der Waals surface area contributed by atoms with Crippen molar-refractivity contribution in [3.8, 4) is 0 Å². The molecule has 1 aromatic rings. The number of carbonyl (C=O) groups is 1. The van der Waals surface area contributed by atoms with Crippen LogP contribution in [0.3, 0.4) is 0 Å². The summed E-state index contributed by atoms with van der Waals surface area (Å²) in [5.41, 5.74) is 3.92. The van der Waals surface area contributed by atoms with Crippen molar-refractivity contribution in [1.82, 2.24) is 0 Å². The van der Waals surface area contributed by atoms with Crippen LogP contribution in [0.1, 0.15) is 17.9 Å². The predicted molar refractivity (Wildman–Crippen MR) is 52.1 cm³/mol. The molecule has 1 aromatic carbocycles. The van der Waals surface area contributed by atoms with Crippen LogP contribution in [0.25, 0.3) is 0 Å². The van der Waals surface area contributed by atoms with Gasteiger partial charge in [0.1, 0.15) is 0 Å². The summed E-state index contributed by atoms with van der Waals surface area (Å²) in [5.74, 6) is -0.783. The van der Waals surface area contributed by atoms with Crippen LogP contribution in [-0.2, 0) is 4.79 Å². The molecular weight excluding hydrogens is 202 g/mol. The topological polar surface area (TPSA) is 64.9 Å². The summed E-state index contributed by atoms with van der Waals surface area (Å²) in [6.07, 6.45) is 0.615. The van der Waals surface area contributed by atoms with E-state index in [0.717, 1.165) is 5.56 Å². The maximum absolute atomic E-state index is 10.8. The lowest BCUT2D eigenvalue weighted by Gasteiger charge is -2.02. The number of rotatable bonds is 2. The SMILES string of the molecule is [NH3+][C@@]1(C(=O)O)C[C@H]1c1ccc(Cl)cc1. The predicted octanol–water partition coefficient (Wildman–Crippen LogP) is 0.893. The monoisotopic (exact) mass is 212 g/mol. The number of aliphatic carboxylic acids is 1. The van der Waals surface area contributed by atoms with Crippen LogP contribution in [0.15, 0.2) is 24.3 Å². The third-order valence-electron chi connectivity index (χ3n) is 2.77. The summed E-state index contributed by atoms with van der Waals surface area (Å²) >= 11 is 5.74. The third-order valence-corrected chi connectivity index (χ3v) is 3.03. The van der Waals surface area contributed by atoms with Crippen LogP contribution in [-0.4, -0.2) is 16.6 Å². The fourth-order valence-electron chi connectivity index (χ4n) is 1.67. The molecule has 0 radical (unpaired) electrons. The van der Waals surface area contributed by atoms with Gasteiger partial charge in [0.25, 0.3) is 0 Å². The Labute approximate surface area is 86.5 Å². The van der Waals surface area contributed by atoms with Crippen molar-refractivity contribution in [1.29, 1.82) is 0 Å². The van der Waals surface area contributed by atoms with Gasteiger partial charge in [-0.25, -0.2) is 4.79 Å². The van der Waals surface area contributed by atoms with Gasteiger partial charge in [-0.3, -0.25) is 0 Å². The lowest BCUT2D eigenvalue weighted by atomic mass is 10.1. The molecule has 3 nitrogen and oxygen atoms in total. The Morgan fingerprint density at radius 2 is 2.07 bits per heavy atom. The molecule has 0 aliphatic heterocycles. The van der Waals surface area contributed by atoms with E-state index in [4.69, 9.17) is 16.7 Å². The van der Waals surface area contributed by atoms with Gasteiger partial charge in [0.15, 0.2) is 0 Å². The van der Waals surface area contributed by atoms with Crippen LogP contribution < -0.4 is 5.73 Å². The molecule has 2 rings (SSSR count). The minimum Gasteiger partial charge on any atom is -0.477 e. The van der Waals surface area contributed by atoms with Crippen molar-refractivity contribution in [3.05, 3.63) is 34.9 Å². The van der Waals surface area contributed by atoms with Crippen LogP contribution in [0.2, 0.25) is 5.02 Å². The van der Waals surface area contributed by atoms with Gasteiger partial charge in [0, 0.05) is 11.4 Å². The minimum atomic E-state index is -0.822. The lowest BCUT2D eigenvalue weighted by molar-refractivity contribution is -0.426. The van der Waals surface area contributed by atoms with Gasteiger partial charge in [0.2, 0.25) is 5.54 Å². The standard InChI is InChI=1S/C10H10ClNO2/c11-7-3-1-6(2-4-7)8-5-10(8,12)9(13)14/h1-4,8H,5,12H2,(H,13,14)/p+1/t8-,10-/m0/s1. The first-order valence-corrected chi connectivity index (χ1v) is 4.76. The maximum Gasteiger partial charge on any atom is 0.366 e. The molecule has 0 bridgehead atoms. The van der Waals surface area contributed by atoms with E-state index < -0.39 is 11.5 Å². The molecule has 2 atom stereocenters. The quantitative estimate of drug-likeness (QED) is 0.765. The van der Waals surface area contributed by atoms with Crippen molar-refractivity contribution >= 4 is 17.6 Å². The molecule has 0 amide bonds. The number of quaternary nitrogens is 1. The van der Waals surface area contributed by atoms with Crippen molar-refractivity contribution in [2.75, 3.05) is 0 Å². The Hall–Kier alpha value is -1.06. The molecule has 0 aromatic heterocycles. The molecule has 1 fully saturated rings. The summed E-state index contributed by atoms with van der Waals surface area (Å²) in [4.78, 5) is 10.8. The maximum atomic E-state index is 10.8. The first-order chi connectivity index (χ1) is 6.54. The van der Waals surface area contributed by atoms with E-state index in [1.807, 2.05) is 12.1 Å². The van der Waals surface area contributed by atoms with E-state index in [-0.39, 0.29) is 5.92 Å². The van der Waals surface area contributed by atoms with Crippen molar-refractivity contribution in [2.24, 2.45) is 0 Å². The van der Waals surface area contributed by atoms with E-state index in [1.165, 1.54) is 0 Å². The van der Waals surface area contributed by atoms with Gasteiger partial charge in [0.05, 0.1) is 5.92 Å². The van der Waals surface area contributed by atoms with Gasteiger partial charge in [-0.1, -0.05) is 23.7 Å². The van der Waals surface area contributed by atoms with Gasteiger partial charge in [-0.2, -0.15) is 0 Å². The lowest BCUT2D eigenvalue weighted by Crippen LogP contribution is -2.68. The molecular formula is C10H11ClNO2+. The third kappa shape index (κ3) is 1.38. The zero-order valence-electron chi connectivity index (χ0n) is 7.53. The van der Waals surface area contributed by atoms with E-state index in [0.29, 0.717) is 11.4 Å². The first kappa shape index (κ1) is 9.49. The Balaban J connectivity index is 2.21. The average molecular weight is 213 g/mol. The second-order valence-corrected chi connectivity index (χ2v) is 4.21. The van der Waals surface area contributed by atoms with Gasteiger partial charge in [-0.05, 0) is 17.7 Å².